The monoisotopic (exact) mass is 446 g/mol. The molecule has 0 aliphatic carbocycles. The van der Waals surface area contributed by atoms with Gasteiger partial charge in [0.15, 0.2) is 5.16 Å². The first-order chi connectivity index (χ1) is 15.2. The Morgan fingerprint density at radius 2 is 1.52 bits per heavy atom. The highest BCUT2D eigenvalue weighted by atomic mass is 32.2. The van der Waals surface area contributed by atoms with Crippen LogP contribution in [-0.2, 0) is 6.42 Å². The Morgan fingerprint density at radius 3 is 2.13 bits per heavy atom. The van der Waals surface area contributed by atoms with Gasteiger partial charge in [0.05, 0.1) is 21.5 Å². The van der Waals surface area contributed by atoms with Crippen LogP contribution in [0.25, 0.3) is 5.69 Å². The molecule has 0 amide bonds. The Morgan fingerprint density at radius 1 is 0.903 bits per heavy atom. The van der Waals surface area contributed by atoms with Gasteiger partial charge in [-0.05, 0) is 35.4 Å². The average Bonchev–Trinajstić information content (AvgIpc) is 3.29. The summed E-state index contributed by atoms with van der Waals surface area (Å²) in [7, 11) is 0. The Labute approximate surface area is 188 Å². The summed E-state index contributed by atoms with van der Waals surface area (Å²) >= 11 is 3.10. The topological polar surface area (TPSA) is 34.9 Å². The third kappa shape index (κ3) is 4.05. The SMILES string of the molecule is O=c1c2c(nc(SC(c3ccccc3)c3ccccc3)n1-c1ccc(F)cc1)CCS2. The highest BCUT2D eigenvalue weighted by Gasteiger charge is 2.25. The lowest BCUT2D eigenvalue weighted by molar-refractivity contribution is 0.626. The number of thioether (sulfide) groups is 2. The van der Waals surface area contributed by atoms with E-state index in [1.54, 1.807) is 40.2 Å². The largest absolute Gasteiger partial charge is 0.272 e. The summed E-state index contributed by atoms with van der Waals surface area (Å²) in [4.78, 5) is 19.0. The number of nitrogens with zero attached hydrogens (tertiary/aromatic N) is 2. The first-order valence-corrected chi connectivity index (χ1v) is 11.9. The molecule has 1 aliphatic heterocycles. The minimum absolute atomic E-state index is 0.0342. The van der Waals surface area contributed by atoms with Crippen LogP contribution in [0.3, 0.4) is 0 Å². The van der Waals surface area contributed by atoms with Crippen LogP contribution in [0.5, 0.6) is 0 Å². The van der Waals surface area contributed by atoms with Crippen LogP contribution in [0.1, 0.15) is 22.1 Å². The van der Waals surface area contributed by atoms with Crippen molar-refractivity contribution in [2.24, 2.45) is 0 Å². The van der Waals surface area contributed by atoms with Gasteiger partial charge in [-0.1, -0.05) is 72.4 Å². The number of aryl methyl sites for hydroxylation is 1. The first-order valence-electron chi connectivity index (χ1n) is 10.0. The minimum Gasteiger partial charge on any atom is -0.268 e. The molecule has 2 heterocycles. The lowest BCUT2D eigenvalue weighted by Gasteiger charge is -2.20. The maximum Gasteiger partial charge on any atom is 0.272 e. The molecule has 3 aromatic carbocycles. The van der Waals surface area contributed by atoms with Crippen molar-refractivity contribution in [2.45, 2.75) is 21.7 Å². The molecular formula is C25H19FN2OS2. The fraction of sp³-hybridized carbons (Fsp3) is 0.120. The van der Waals surface area contributed by atoms with E-state index in [0.717, 1.165) is 29.0 Å². The molecule has 4 aromatic rings. The van der Waals surface area contributed by atoms with E-state index >= 15 is 0 Å². The van der Waals surface area contributed by atoms with Gasteiger partial charge in [-0.2, -0.15) is 0 Å². The number of fused-ring (bicyclic) bond motifs is 1. The number of hydrogen-bond donors (Lipinski definition) is 0. The molecule has 6 heteroatoms. The van der Waals surface area contributed by atoms with Crippen molar-refractivity contribution in [3.05, 3.63) is 118 Å². The molecule has 0 saturated heterocycles. The maximum absolute atomic E-state index is 13.6. The van der Waals surface area contributed by atoms with Gasteiger partial charge in [0.25, 0.3) is 5.56 Å². The van der Waals surface area contributed by atoms with Crippen molar-refractivity contribution in [2.75, 3.05) is 5.75 Å². The van der Waals surface area contributed by atoms with Crippen LogP contribution in [0.4, 0.5) is 4.39 Å². The molecule has 154 valence electrons. The molecule has 0 fully saturated rings. The number of rotatable bonds is 5. The van der Waals surface area contributed by atoms with Gasteiger partial charge in [0.2, 0.25) is 0 Å². The maximum atomic E-state index is 13.6. The van der Waals surface area contributed by atoms with E-state index < -0.39 is 0 Å². The van der Waals surface area contributed by atoms with Crippen LogP contribution >= 0.6 is 23.5 Å². The molecule has 1 aliphatic rings. The van der Waals surface area contributed by atoms with Gasteiger partial charge in [-0.3, -0.25) is 9.36 Å². The normalized spacial score (nSPS) is 12.8. The third-order valence-electron chi connectivity index (χ3n) is 5.18. The summed E-state index contributed by atoms with van der Waals surface area (Å²) in [6, 6.07) is 26.5. The molecule has 5 rings (SSSR count). The molecule has 0 radical (unpaired) electrons. The molecule has 0 unspecified atom stereocenters. The standard InChI is InChI=1S/C25H19FN2OS2/c26-19-11-13-20(14-12-19)28-24(29)23-21(15-16-30-23)27-25(28)31-22(17-7-3-1-4-8-17)18-9-5-2-6-10-18/h1-14,22H,15-16H2. The van der Waals surface area contributed by atoms with Crippen LogP contribution in [-0.4, -0.2) is 15.3 Å². The summed E-state index contributed by atoms with van der Waals surface area (Å²) in [5.41, 5.74) is 3.66. The molecule has 0 bridgehead atoms. The lowest BCUT2D eigenvalue weighted by atomic mass is 10.0. The van der Waals surface area contributed by atoms with Gasteiger partial charge >= 0.3 is 0 Å². The van der Waals surface area contributed by atoms with E-state index in [0.29, 0.717) is 15.7 Å². The number of aromatic nitrogens is 2. The fourth-order valence-corrected chi connectivity index (χ4v) is 5.96. The second-order valence-corrected chi connectivity index (χ2v) is 9.38. The fourth-order valence-electron chi connectivity index (χ4n) is 3.68. The van der Waals surface area contributed by atoms with E-state index in [9.17, 15) is 9.18 Å². The van der Waals surface area contributed by atoms with Crippen LogP contribution < -0.4 is 5.56 Å². The van der Waals surface area contributed by atoms with Gasteiger partial charge in [-0.25, -0.2) is 9.37 Å². The summed E-state index contributed by atoms with van der Waals surface area (Å²) < 4.78 is 15.2. The van der Waals surface area contributed by atoms with Gasteiger partial charge in [0, 0.05) is 12.2 Å². The zero-order chi connectivity index (χ0) is 21.2. The molecular weight excluding hydrogens is 427 g/mol. The third-order valence-corrected chi connectivity index (χ3v) is 7.55. The molecule has 0 atom stereocenters. The Bertz CT molecular complexity index is 1220. The van der Waals surface area contributed by atoms with Crippen LogP contribution in [0, 0.1) is 5.82 Å². The molecule has 0 spiro atoms. The van der Waals surface area contributed by atoms with E-state index in [4.69, 9.17) is 4.98 Å². The zero-order valence-electron chi connectivity index (χ0n) is 16.6. The molecule has 31 heavy (non-hydrogen) atoms. The highest BCUT2D eigenvalue weighted by molar-refractivity contribution is 8.00. The van der Waals surface area contributed by atoms with Crippen LogP contribution in [0.2, 0.25) is 0 Å². The zero-order valence-corrected chi connectivity index (χ0v) is 18.2. The minimum atomic E-state index is -0.332. The Kier molecular flexibility index (Phi) is 5.66. The summed E-state index contributed by atoms with van der Waals surface area (Å²) in [6.07, 6.45) is 0.786. The molecule has 3 nitrogen and oxygen atoms in total. The summed E-state index contributed by atoms with van der Waals surface area (Å²) in [5, 5.41) is 0.587. The van der Waals surface area contributed by atoms with E-state index in [1.807, 2.05) is 36.4 Å². The van der Waals surface area contributed by atoms with Crippen molar-refractivity contribution in [3.63, 3.8) is 0 Å². The number of hydrogen-bond acceptors (Lipinski definition) is 4. The summed E-state index contributed by atoms with van der Waals surface area (Å²) in [5.74, 6) is 0.525. The van der Waals surface area contributed by atoms with E-state index in [1.165, 1.54) is 12.1 Å². The predicted molar refractivity (Wildman–Crippen MR) is 125 cm³/mol. The quantitative estimate of drug-likeness (QED) is 0.282. The second kappa shape index (κ2) is 8.73. The van der Waals surface area contributed by atoms with E-state index in [-0.39, 0.29) is 16.6 Å². The Balaban J connectivity index is 1.67. The predicted octanol–water partition coefficient (Wildman–Crippen LogP) is 5.90. The second-order valence-electron chi connectivity index (χ2n) is 7.20. The average molecular weight is 447 g/mol. The molecule has 1 aromatic heterocycles. The lowest BCUT2D eigenvalue weighted by Crippen LogP contribution is -2.24. The summed E-state index contributed by atoms with van der Waals surface area (Å²) in [6.45, 7) is 0. The molecule has 0 saturated carbocycles. The van der Waals surface area contributed by atoms with Crippen molar-refractivity contribution >= 4 is 23.5 Å². The van der Waals surface area contributed by atoms with Gasteiger partial charge in [0.1, 0.15) is 5.82 Å². The van der Waals surface area contributed by atoms with Crippen molar-refractivity contribution in [1.82, 2.24) is 9.55 Å². The Hall–Kier alpha value is -2.83. The van der Waals surface area contributed by atoms with Gasteiger partial charge in [-0.15, -0.1) is 11.8 Å². The van der Waals surface area contributed by atoms with Crippen molar-refractivity contribution in [3.8, 4) is 5.69 Å². The number of benzene rings is 3. The van der Waals surface area contributed by atoms with Crippen molar-refractivity contribution < 1.29 is 4.39 Å². The number of halogens is 1. The van der Waals surface area contributed by atoms with Crippen LogP contribution in [0.15, 0.2) is 99.8 Å². The highest BCUT2D eigenvalue weighted by Crippen LogP contribution is 2.41. The first kappa shape index (κ1) is 20.1. The smallest absolute Gasteiger partial charge is 0.268 e. The van der Waals surface area contributed by atoms with Gasteiger partial charge < -0.3 is 0 Å². The van der Waals surface area contributed by atoms with E-state index in [2.05, 4.69) is 24.3 Å². The molecule has 0 N–H and O–H groups in total. The van der Waals surface area contributed by atoms with Crippen molar-refractivity contribution in [1.29, 1.82) is 0 Å².